The molecule has 0 aromatic carbocycles. The minimum absolute atomic E-state index is 0.0278. The number of ether oxygens (including phenoxy) is 1. The third-order valence-electron chi connectivity index (χ3n) is 2.97. The molecule has 2 rings (SSSR count). The highest BCUT2D eigenvalue weighted by Gasteiger charge is 2.39. The van der Waals surface area contributed by atoms with E-state index in [9.17, 15) is 0 Å². The van der Waals surface area contributed by atoms with Gasteiger partial charge < -0.3 is 10.1 Å². The lowest BCUT2D eigenvalue weighted by atomic mass is 9.87. The molecule has 90 valence electrons. The Hall–Kier alpha value is -0.450. The molecule has 0 amide bonds. The van der Waals surface area contributed by atoms with Gasteiger partial charge >= 0.3 is 0 Å². The molecule has 0 radical (unpaired) electrons. The van der Waals surface area contributed by atoms with Crippen LogP contribution >= 0.6 is 11.3 Å². The normalized spacial score (nSPS) is 30.9. The molecule has 0 saturated carbocycles. The van der Waals surface area contributed by atoms with Crippen LogP contribution in [0.5, 0.6) is 0 Å². The van der Waals surface area contributed by atoms with Gasteiger partial charge in [0.1, 0.15) is 5.01 Å². The van der Waals surface area contributed by atoms with Crippen LogP contribution in [-0.2, 0) is 10.3 Å². The van der Waals surface area contributed by atoms with Gasteiger partial charge in [0.25, 0.3) is 0 Å². The van der Waals surface area contributed by atoms with Crippen LogP contribution in [0.15, 0.2) is 11.6 Å². The lowest BCUT2D eigenvalue weighted by molar-refractivity contribution is -0.0231. The van der Waals surface area contributed by atoms with Gasteiger partial charge in [0.2, 0.25) is 0 Å². The van der Waals surface area contributed by atoms with Crippen molar-refractivity contribution in [3.05, 3.63) is 16.6 Å². The maximum absolute atomic E-state index is 5.65. The van der Waals surface area contributed by atoms with Crippen LogP contribution in [0.3, 0.4) is 0 Å². The summed E-state index contributed by atoms with van der Waals surface area (Å²) >= 11 is 1.74. The zero-order valence-electron chi connectivity index (χ0n) is 10.2. The molecule has 1 N–H and O–H groups in total. The summed E-state index contributed by atoms with van der Waals surface area (Å²) in [4.78, 5) is 4.50. The van der Waals surface area contributed by atoms with E-state index in [1.54, 1.807) is 11.3 Å². The van der Waals surface area contributed by atoms with Crippen LogP contribution in [-0.4, -0.2) is 23.7 Å². The standard InChI is InChI=1S/C12H20N2OS/c1-9(2)14-12(11-13-5-7-16-11)4-6-15-10(3)8-12/h5,7,9-10,14H,4,6,8H2,1-3H3. The average Bonchev–Trinajstić information content (AvgIpc) is 2.69. The second-order valence-electron chi connectivity index (χ2n) is 4.85. The number of aromatic nitrogens is 1. The Labute approximate surface area is 101 Å². The first-order valence-electron chi connectivity index (χ1n) is 5.92. The van der Waals surface area contributed by atoms with E-state index in [0.717, 1.165) is 19.4 Å². The van der Waals surface area contributed by atoms with Crippen molar-refractivity contribution in [3.63, 3.8) is 0 Å². The van der Waals surface area contributed by atoms with Crippen molar-refractivity contribution < 1.29 is 4.74 Å². The van der Waals surface area contributed by atoms with E-state index >= 15 is 0 Å². The van der Waals surface area contributed by atoms with Crippen LogP contribution in [0.25, 0.3) is 0 Å². The molecule has 16 heavy (non-hydrogen) atoms. The molecule has 1 aliphatic heterocycles. The van der Waals surface area contributed by atoms with Crippen LogP contribution in [0.2, 0.25) is 0 Å². The number of hydrogen-bond acceptors (Lipinski definition) is 4. The number of thiazole rings is 1. The number of rotatable bonds is 3. The summed E-state index contributed by atoms with van der Waals surface area (Å²) in [6.45, 7) is 7.34. The van der Waals surface area contributed by atoms with Gasteiger partial charge in [-0.05, 0) is 33.6 Å². The van der Waals surface area contributed by atoms with Crippen molar-refractivity contribution >= 4 is 11.3 Å². The van der Waals surface area contributed by atoms with Crippen LogP contribution < -0.4 is 5.32 Å². The topological polar surface area (TPSA) is 34.2 Å². The second kappa shape index (κ2) is 4.82. The van der Waals surface area contributed by atoms with Crippen molar-refractivity contribution in [2.75, 3.05) is 6.61 Å². The third-order valence-corrected chi connectivity index (χ3v) is 3.95. The quantitative estimate of drug-likeness (QED) is 0.881. The molecule has 2 unspecified atom stereocenters. The SMILES string of the molecule is CC(C)NC1(c2nccs2)CCOC(C)C1. The van der Waals surface area contributed by atoms with Crippen molar-refractivity contribution in [1.82, 2.24) is 10.3 Å². The first kappa shape index (κ1) is 12.0. The summed E-state index contributed by atoms with van der Waals surface area (Å²) in [6, 6.07) is 0.467. The summed E-state index contributed by atoms with van der Waals surface area (Å²) in [5.74, 6) is 0. The van der Waals surface area contributed by atoms with Gasteiger partial charge in [0.05, 0.1) is 11.6 Å². The highest BCUT2D eigenvalue weighted by Crippen LogP contribution is 2.36. The van der Waals surface area contributed by atoms with Crippen LogP contribution in [0.4, 0.5) is 0 Å². The van der Waals surface area contributed by atoms with Crippen LogP contribution in [0, 0.1) is 0 Å². The molecular weight excluding hydrogens is 220 g/mol. The smallest absolute Gasteiger partial charge is 0.113 e. The van der Waals surface area contributed by atoms with E-state index in [2.05, 4.69) is 36.5 Å². The minimum atomic E-state index is 0.0278. The van der Waals surface area contributed by atoms with Crippen molar-refractivity contribution in [3.8, 4) is 0 Å². The van der Waals surface area contributed by atoms with Crippen molar-refractivity contribution in [1.29, 1.82) is 0 Å². The minimum Gasteiger partial charge on any atom is -0.378 e. The zero-order chi connectivity index (χ0) is 11.6. The predicted molar refractivity (Wildman–Crippen MR) is 66.7 cm³/mol. The largest absolute Gasteiger partial charge is 0.378 e. The fraction of sp³-hybridized carbons (Fsp3) is 0.750. The van der Waals surface area contributed by atoms with Crippen LogP contribution in [0.1, 0.15) is 38.6 Å². The van der Waals surface area contributed by atoms with E-state index in [4.69, 9.17) is 4.74 Å². The molecule has 1 aromatic heterocycles. The molecule has 1 aromatic rings. The van der Waals surface area contributed by atoms with Gasteiger partial charge in [-0.25, -0.2) is 4.98 Å². The highest BCUT2D eigenvalue weighted by molar-refractivity contribution is 7.09. The summed E-state index contributed by atoms with van der Waals surface area (Å²) in [6.07, 6.45) is 4.23. The van der Waals surface area contributed by atoms with E-state index in [-0.39, 0.29) is 5.54 Å². The number of nitrogens with zero attached hydrogens (tertiary/aromatic N) is 1. The maximum atomic E-state index is 5.65. The average molecular weight is 240 g/mol. The van der Waals surface area contributed by atoms with E-state index < -0.39 is 0 Å². The Morgan fingerprint density at radius 3 is 3.00 bits per heavy atom. The zero-order valence-corrected chi connectivity index (χ0v) is 11.0. The lowest BCUT2D eigenvalue weighted by Gasteiger charge is -2.40. The molecule has 0 aliphatic carbocycles. The lowest BCUT2D eigenvalue weighted by Crippen LogP contribution is -2.51. The fourth-order valence-electron chi connectivity index (χ4n) is 2.49. The molecule has 2 heterocycles. The molecule has 1 saturated heterocycles. The molecule has 0 bridgehead atoms. The molecular formula is C12H20N2OS. The Morgan fingerprint density at radius 1 is 1.62 bits per heavy atom. The molecule has 1 fully saturated rings. The van der Waals surface area contributed by atoms with Crippen molar-refractivity contribution in [2.24, 2.45) is 0 Å². The maximum Gasteiger partial charge on any atom is 0.113 e. The summed E-state index contributed by atoms with van der Waals surface area (Å²) in [5, 5.41) is 6.96. The third kappa shape index (κ3) is 2.44. The second-order valence-corrected chi connectivity index (χ2v) is 5.75. The Morgan fingerprint density at radius 2 is 2.44 bits per heavy atom. The number of nitrogens with one attached hydrogen (secondary N) is 1. The Bertz CT molecular complexity index is 322. The van der Waals surface area contributed by atoms with Gasteiger partial charge in [-0.15, -0.1) is 11.3 Å². The summed E-state index contributed by atoms with van der Waals surface area (Å²) in [7, 11) is 0. The van der Waals surface area contributed by atoms with E-state index in [1.165, 1.54) is 5.01 Å². The molecule has 0 spiro atoms. The molecule has 1 aliphatic rings. The van der Waals surface area contributed by atoms with Gasteiger partial charge in [0, 0.05) is 24.2 Å². The molecule has 3 nitrogen and oxygen atoms in total. The van der Waals surface area contributed by atoms with E-state index in [0.29, 0.717) is 12.1 Å². The fourth-order valence-corrected chi connectivity index (χ4v) is 3.33. The Balaban J connectivity index is 2.25. The monoisotopic (exact) mass is 240 g/mol. The number of hydrogen-bond donors (Lipinski definition) is 1. The highest BCUT2D eigenvalue weighted by atomic mass is 32.1. The summed E-state index contributed by atoms with van der Waals surface area (Å²) < 4.78 is 5.65. The van der Waals surface area contributed by atoms with Gasteiger partial charge in [-0.2, -0.15) is 0 Å². The van der Waals surface area contributed by atoms with Gasteiger partial charge in [0.15, 0.2) is 0 Å². The van der Waals surface area contributed by atoms with Crippen molar-refractivity contribution in [2.45, 2.75) is 51.3 Å². The van der Waals surface area contributed by atoms with Gasteiger partial charge in [-0.1, -0.05) is 0 Å². The Kier molecular flexibility index (Phi) is 3.62. The van der Waals surface area contributed by atoms with Gasteiger partial charge in [-0.3, -0.25) is 0 Å². The predicted octanol–water partition coefficient (Wildman–Crippen LogP) is 2.54. The first-order valence-corrected chi connectivity index (χ1v) is 6.80. The molecule has 4 heteroatoms. The summed E-state index contributed by atoms with van der Waals surface area (Å²) in [5.41, 5.74) is 0.0278. The molecule has 2 atom stereocenters. The first-order chi connectivity index (χ1) is 7.62. The van der Waals surface area contributed by atoms with E-state index in [1.807, 2.05) is 6.20 Å².